The summed E-state index contributed by atoms with van der Waals surface area (Å²) in [5.74, 6) is 0.641. The third-order valence-electron chi connectivity index (χ3n) is 6.14. The van der Waals surface area contributed by atoms with E-state index in [0.29, 0.717) is 19.8 Å². The topological polar surface area (TPSA) is 92.7 Å². The second-order valence-corrected chi connectivity index (χ2v) is 16.4. The summed E-state index contributed by atoms with van der Waals surface area (Å²) in [6.07, 6.45) is -2.10. The van der Waals surface area contributed by atoms with Crippen LogP contribution in [0.5, 0.6) is 5.75 Å². The van der Waals surface area contributed by atoms with Gasteiger partial charge in [-0.3, -0.25) is 4.79 Å². The normalized spacial score (nSPS) is 14.1. The number of benzene rings is 2. The van der Waals surface area contributed by atoms with Crippen LogP contribution in [0.3, 0.4) is 0 Å². The molecule has 0 saturated heterocycles. The number of ketones is 1. The van der Waals surface area contributed by atoms with Crippen molar-refractivity contribution in [1.29, 1.82) is 0 Å². The van der Waals surface area contributed by atoms with Gasteiger partial charge in [0, 0.05) is 34.6 Å². The molecule has 9 heteroatoms. The summed E-state index contributed by atoms with van der Waals surface area (Å²) in [7, 11) is 1.96. The van der Waals surface area contributed by atoms with Gasteiger partial charge in [-0.1, -0.05) is 62.1 Å². The van der Waals surface area contributed by atoms with Crippen LogP contribution < -0.4 is 4.74 Å². The Hall–Kier alpha value is -2.11. The summed E-state index contributed by atoms with van der Waals surface area (Å²) < 4.78 is 33.7. The Morgan fingerprint density at radius 2 is 1.49 bits per heavy atom. The molecule has 2 aromatic rings. The van der Waals surface area contributed by atoms with E-state index in [1.807, 2.05) is 54.6 Å². The summed E-state index contributed by atoms with van der Waals surface area (Å²) >= 11 is 0. The van der Waals surface area contributed by atoms with Crippen LogP contribution in [0.2, 0.25) is 25.7 Å². The number of hydrogen-bond acceptors (Lipinski definition) is 8. The molecule has 2 rings (SSSR count). The van der Waals surface area contributed by atoms with Gasteiger partial charge in [0.2, 0.25) is 0 Å². The monoisotopic (exact) mass is 562 g/mol. The fourth-order valence-corrected chi connectivity index (χ4v) is 4.41. The molecular formula is C30H46O8Si. The van der Waals surface area contributed by atoms with E-state index >= 15 is 0 Å². The average molecular weight is 563 g/mol. The molecular weight excluding hydrogens is 516 g/mol. The van der Waals surface area contributed by atoms with Crippen LogP contribution in [-0.4, -0.2) is 78.1 Å². The van der Waals surface area contributed by atoms with Gasteiger partial charge in [0.25, 0.3) is 0 Å². The maximum Gasteiger partial charge on any atom is 0.147 e. The lowest BCUT2D eigenvalue weighted by Gasteiger charge is -2.24. The SMILES string of the molecule is COc1ccc(COC[C@@H](CC(=O)C[C@@H](O)[C@@H](COCc2ccccc2)OCOCC[Si](C)(C)C)OC)cc1. The van der Waals surface area contributed by atoms with E-state index in [2.05, 4.69) is 19.6 Å². The lowest BCUT2D eigenvalue weighted by Crippen LogP contribution is -2.37. The van der Waals surface area contributed by atoms with E-state index in [9.17, 15) is 9.90 Å². The maximum atomic E-state index is 12.8. The van der Waals surface area contributed by atoms with E-state index in [1.165, 1.54) is 0 Å². The minimum atomic E-state index is -1.22. The van der Waals surface area contributed by atoms with E-state index in [-0.39, 0.29) is 38.6 Å². The van der Waals surface area contributed by atoms with Crippen LogP contribution in [0, 0.1) is 0 Å². The van der Waals surface area contributed by atoms with Crippen molar-refractivity contribution in [3.05, 3.63) is 65.7 Å². The summed E-state index contributed by atoms with van der Waals surface area (Å²) in [5.41, 5.74) is 2.01. The standard InChI is InChI=1S/C30H46O8Si/c1-33-27-13-11-25(12-14-27)20-36-21-28(34-2)17-26(31)18-29(32)30(38-23-35-15-16-39(3,4)5)22-37-19-24-9-7-6-8-10-24/h6-14,28-30,32H,15-23H2,1-5H3/t28-,29-,30-/m1/s1. The predicted molar refractivity (Wildman–Crippen MR) is 154 cm³/mol. The molecule has 0 aromatic heterocycles. The van der Waals surface area contributed by atoms with Gasteiger partial charge in [0.1, 0.15) is 24.4 Å². The number of aliphatic hydroxyl groups is 1. The molecule has 0 aliphatic rings. The average Bonchev–Trinajstić information content (AvgIpc) is 2.91. The molecule has 2 aromatic carbocycles. The Bertz CT molecular complexity index is 917. The first kappa shape index (κ1) is 33.1. The Morgan fingerprint density at radius 3 is 2.10 bits per heavy atom. The zero-order valence-electron chi connectivity index (χ0n) is 24.1. The van der Waals surface area contributed by atoms with Crippen LogP contribution in [-0.2, 0) is 41.7 Å². The highest BCUT2D eigenvalue weighted by Gasteiger charge is 2.25. The van der Waals surface area contributed by atoms with Gasteiger partial charge in [-0.15, -0.1) is 0 Å². The molecule has 0 radical (unpaired) electrons. The van der Waals surface area contributed by atoms with Crippen molar-refractivity contribution in [3.8, 4) is 5.75 Å². The van der Waals surface area contributed by atoms with Gasteiger partial charge in [0.05, 0.1) is 45.7 Å². The zero-order valence-corrected chi connectivity index (χ0v) is 25.1. The molecule has 39 heavy (non-hydrogen) atoms. The number of carbonyl (C=O) groups excluding carboxylic acids is 1. The third-order valence-corrected chi connectivity index (χ3v) is 7.85. The van der Waals surface area contributed by atoms with Crippen molar-refractivity contribution in [2.24, 2.45) is 0 Å². The van der Waals surface area contributed by atoms with E-state index in [0.717, 1.165) is 22.9 Å². The minimum absolute atomic E-state index is 0.0367. The molecule has 218 valence electrons. The van der Waals surface area contributed by atoms with Crippen LogP contribution in [0.25, 0.3) is 0 Å². The largest absolute Gasteiger partial charge is 0.497 e. The molecule has 0 aliphatic heterocycles. The second-order valence-electron chi connectivity index (χ2n) is 10.8. The van der Waals surface area contributed by atoms with Gasteiger partial charge >= 0.3 is 0 Å². The zero-order chi connectivity index (χ0) is 28.5. The third kappa shape index (κ3) is 14.7. The van der Waals surface area contributed by atoms with Crippen molar-refractivity contribution in [3.63, 3.8) is 0 Å². The summed E-state index contributed by atoms with van der Waals surface area (Å²) in [6, 6.07) is 18.4. The number of ether oxygens (including phenoxy) is 6. The fraction of sp³-hybridized carbons (Fsp3) is 0.567. The van der Waals surface area contributed by atoms with Crippen molar-refractivity contribution in [1.82, 2.24) is 0 Å². The number of hydrogen-bond donors (Lipinski definition) is 1. The predicted octanol–water partition coefficient (Wildman–Crippen LogP) is 4.85. The van der Waals surface area contributed by atoms with E-state index in [1.54, 1.807) is 14.2 Å². The molecule has 0 aliphatic carbocycles. The van der Waals surface area contributed by atoms with Crippen molar-refractivity contribution < 1.29 is 38.3 Å². The quantitative estimate of drug-likeness (QED) is 0.131. The van der Waals surface area contributed by atoms with Gasteiger partial charge in [-0.05, 0) is 29.3 Å². The number of Topliss-reactive ketones (excluding diaryl/α,β-unsaturated/α-hetero) is 1. The Morgan fingerprint density at radius 1 is 0.846 bits per heavy atom. The summed E-state index contributed by atoms with van der Waals surface area (Å²) in [6.45, 7) is 8.67. The van der Waals surface area contributed by atoms with Crippen LogP contribution >= 0.6 is 0 Å². The molecule has 0 heterocycles. The van der Waals surface area contributed by atoms with Crippen LogP contribution in [0.1, 0.15) is 24.0 Å². The maximum absolute atomic E-state index is 12.8. The first-order valence-corrected chi connectivity index (χ1v) is 17.1. The lowest BCUT2D eigenvalue weighted by molar-refractivity contribution is -0.151. The highest BCUT2D eigenvalue weighted by molar-refractivity contribution is 6.76. The van der Waals surface area contributed by atoms with Gasteiger partial charge in [-0.25, -0.2) is 0 Å². The minimum Gasteiger partial charge on any atom is -0.497 e. The Balaban J connectivity index is 1.81. The van der Waals surface area contributed by atoms with Gasteiger partial charge < -0.3 is 33.5 Å². The first-order valence-electron chi connectivity index (χ1n) is 13.4. The highest BCUT2D eigenvalue weighted by atomic mass is 28.3. The highest BCUT2D eigenvalue weighted by Crippen LogP contribution is 2.14. The van der Waals surface area contributed by atoms with Crippen molar-refractivity contribution in [2.75, 3.05) is 40.8 Å². The van der Waals surface area contributed by atoms with Crippen molar-refractivity contribution in [2.45, 2.75) is 70.1 Å². The molecule has 3 atom stereocenters. The lowest BCUT2D eigenvalue weighted by atomic mass is 10.0. The van der Waals surface area contributed by atoms with Crippen LogP contribution in [0.15, 0.2) is 54.6 Å². The van der Waals surface area contributed by atoms with Crippen molar-refractivity contribution >= 4 is 13.9 Å². The molecule has 0 unspecified atom stereocenters. The van der Waals surface area contributed by atoms with Gasteiger partial charge in [0.15, 0.2) is 0 Å². The summed E-state index contributed by atoms with van der Waals surface area (Å²) in [4.78, 5) is 12.8. The van der Waals surface area contributed by atoms with Gasteiger partial charge in [-0.2, -0.15) is 0 Å². The molecule has 0 saturated carbocycles. The van der Waals surface area contributed by atoms with E-state index < -0.39 is 26.4 Å². The molecule has 1 N–H and O–H groups in total. The molecule has 0 bridgehead atoms. The first-order chi connectivity index (χ1) is 18.7. The number of carbonyl (C=O) groups is 1. The number of aliphatic hydroxyl groups excluding tert-OH is 1. The number of methoxy groups -OCH3 is 2. The molecule has 0 spiro atoms. The Labute approximate surface area is 234 Å². The molecule has 0 amide bonds. The van der Waals surface area contributed by atoms with Crippen LogP contribution in [0.4, 0.5) is 0 Å². The Kier molecular flexibility index (Phi) is 15.5. The second kappa shape index (κ2) is 18.3. The fourth-order valence-electron chi connectivity index (χ4n) is 3.65. The molecule has 0 fully saturated rings. The summed E-state index contributed by atoms with van der Waals surface area (Å²) in [5, 5.41) is 10.9. The number of rotatable bonds is 21. The van der Waals surface area contributed by atoms with E-state index in [4.69, 9.17) is 28.4 Å². The molecule has 8 nitrogen and oxygen atoms in total. The smallest absolute Gasteiger partial charge is 0.147 e.